The van der Waals surface area contributed by atoms with E-state index in [1.807, 2.05) is 17.5 Å². The number of thiazole rings is 1. The van der Waals surface area contributed by atoms with Gasteiger partial charge in [-0.1, -0.05) is 6.42 Å². The maximum Gasteiger partial charge on any atom is 0.107 e. The van der Waals surface area contributed by atoms with E-state index in [4.69, 9.17) is 0 Å². The van der Waals surface area contributed by atoms with E-state index in [2.05, 4.69) is 21.7 Å². The number of nitrogens with zero attached hydrogens (tertiary/aromatic N) is 3. The van der Waals surface area contributed by atoms with Crippen molar-refractivity contribution in [1.82, 2.24) is 14.8 Å². The van der Waals surface area contributed by atoms with E-state index < -0.39 is 0 Å². The number of rotatable bonds is 2. The minimum atomic E-state index is 0.818. The molecule has 0 aliphatic carbocycles. The van der Waals surface area contributed by atoms with Gasteiger partial charge < -0.3 is 0 Å². The number of aryl methyl sites for hydroxylation is 1. The van der Waals surface area contributed by atoms with Crippen molar-refractivity contribution in [3.8, 4) is 0 Å². The molecule has 2 fully saturated rings. The smallest absolute Gasteiger partial charge is 0.107 e. The van der Waals surface area contributed by atoms with Gasteiger partial charge in [-0.3, -0.25) is 9.80 Å². The van der Waals surface area contributed by atoms with Crippen molar-refractivity contribution in [2.75, 3.05) is 26.2 Å². The van der Waals surface area contributed by atoms with Crippen LogP contribution in [0.15, 0.2) is 6.20 Å². The van der Waals surface area contributed by atoms with Crippen molar-refractivity contribution in [2.45, 2.75) is 38.8 Å². The molecule has 0 N–H and O–H groups in total. The Bertz CT molecular complexity index is 376. The van der Waals surface area contributed by atoms with Gasteiger partial charge in [0, 0.05) is 36.8 Å². The van der Waals surface area contributed by atoms with Crippen LogP contribution in [0.1, 0.15) is 29.1 Å². The van der Waals surface area contributed by atoms with Crippen LogP contribution in [-0.2, 0) is 6.54 Å². The van der Waals surface area contributed by atoms with Crippen molar-refractivity contribution in [1.29, 1.82) is 0 Å². The van der Waals surface area contributed by atoms with Gasteiger partial charge in [0.15, 0.2) is 0 Å². The SMILES string of the molecule is Cc1cnc(CN2CCN3CCCCC3C2)s1. The van der Waals surface area contributed by atoms with E-state index in [0.717, 1.165) is 12.6 Å². The molecule has 1 atom stereocenters. The maximum atomic E-state index is 4.48. The van der Waals surface area contributed by atoms with Crippen LogP contribution in [0.25, 0.3) is 0 Å². The number of piperidine rings is 1. The van der Waals surface area contributed by atoms with Gasteiger partial charge in [-0.15, -0.1) is 11.3 Å². The lowest BCUT2D eigenvalue weighted by Gasteiger charge is -2.43. The molecule has 0 radical (unpaired) electrons. The lowest BCUT2D eigenvalue weighted by molar-refractivity contribution is 0.0456. The van der Waals surface area contributed by atoms with Crippen molar-refractivity contribution >= 4 is 11.3 Å². The summed E-state index contributed by atoms with van der Waals surface area (Å²) in [5, 5.41) is 1.28. The Kier molecular flexibility index (Phi) is 3.45. The normalized spacial score (nSPS) is 27.0. The van der Waals surface area contributed by atoms with Gasteiger partial charge in [0.2, 0.25) is 0 Å². The summed E-state index contributed by atoms with van der Waals surface area (Å²) in [5.41, 5.74) is 0. The van der Waals surface area contributed by atoms with Gasteiger partial charge in [-0.2, -0.15) is 0 Å². The van der Waals surface area contributed by atoms with Gasteiger partial charge in [0.05, 0.1) is 6.54 Å². The number of hydrogen-bond acceptors (Lipinski definition) is 4. The summed E-state index contributed by atoms with van der Waals surface area (Å²) in [5.74, 6) is 0. The maximum absolute atomic E-state index is 4.48. The fourth-order valence-electron chi connectivity index (χ4n) is 3.03. The Morgan fingerprint density at radius 1 is 1.35 bits per heavy atom. The van der Waals surface area contributed by atoms with E-state index in [1.54, 1.807) is 0 Å². The zero-order valence-corrected chi connectivity index (χ0v) is 11.4. The highest BCUT2D eigenvalue weighted by molar-refractivity contribution is 7.11. The average molecular weight is 251 g/mol. The van der Waals surface area contributed by atoms with Crippen LogP contribution in [-0.4, -0.2) is 47.0 Å². The highest BCUT2D eigenvalue weighted by atomic mass is 32.1. The lowest BCUT2D eigenvalue weighted by Crippen LogP contribution is -2.54. The molecular formula is C13H21N3S. The molecule has 0 spiro atoms. The first-order valence-electron chi connectivity index (χ1n) is 6.69. The van der Waals surface area contributed by atoms with Gasteiger partial charge >= 0.3 is 0 Å². The van der Waals surface area contributed by atoms with Crippen LogP contribution >= 0.6 is 11.3 Å². The molecule has 0 bridgehead atoms. The standard InChI is InChI=1S/C13H21N3S/c1-11-8-14-13(17-11)10-15-6-7-16-5-3-2-4-12(16)9-15/h8,12H,2-7,9-10H2,1H3. The molecule has 2 saturated heterocycles. The number of fused-ring (bicyclic) bond motifs is 1. The second-order valence-corrected chi connectivity index (χ2v) is 6.60. The van der Waals surface area contributed by atoms with Gasteiger partial charge in [-0.25, -0.2) is 4.98 Å². The third kappa shape index (κ3) is 2.69. The largest absolute Gasteiger partial charge is 0.298 e. The quantitative estimate of drug-likeness (QED) is 0.802. The number of hydrogen-bond donors (Lipinski definition) is 0. The molecule has 3 rings (SSSR count). The molecule has 94 valence electrons. The first-order valence-corrected chi connectivity index (χ1v) is 7.50. The van der Waals surface area contributed by atoms with E-state index in [0.29, 0.717) is 0 Å². The third-order valence-corrected chi connectivity index (χ3v) is 4.85. The van der Waals surface area contributed by atoms with E-state index in [-0.39, 0.29) is 0 Å². The second-order valence-electron chi connectivity index (χ2n) is 5.29. The van der Waals surface area contributed by atoms with Crippen molar-refractivity contribution in [3.63, 3.8) is 0 Å². The summed E-state index contributed by atoms with van der Waals surface area (Å²) in [6.07, 6.45) is 6.22. The average Bonchev–Trinajstić information content (AvgIpc) is 2.75. The van der Waals surface area contributed by atoms with Crippen molar-refractivity contribution < 1.29 is 0 Å². The summed E-state index contributed by atoms with van der Waals surface area (Å²) >= 11 is 1.84. The molecule has 3 nitrogen and oxygen atoms in total. The molecule has 1 aromatic rings. The van der Waals surface area contributed by atoms with Crippen molar-refractivity contribution in [2.24, 2.45) is 0 Å². The summed E-state index contributed by atoms with van der Waals surface area (Å²) in [6, 6.07) is 0.818. The second kappa shape index (κ2) is 5.04. The van der Waals surface area contributed by atoms with E-state index >= 15 is 0 Å². The topological polar surface area (TPSA) is 19.4 Å². The summed E-state index contributed by atoms with van der Waals surface area (Å²) in [4.78, 5) is 11.1. The zero-order valence-electron chi connectivity index (χ0n) is 10.6. The minimum absolute atomic E-state index is 0.818. The van der Waals surface area contributed by atoms with Crippen LogP contribution in [0.2, 0.25) is 0 Å². The molecule has 0 aromatic carbocycles. The van der Waals surface area contributed by atoms with Gasteiger partial charge in [-0.05, 0) is 26.3 Å². The molecular weight excluding hydrogens is 230 g/mol. The molecule has 4 heteroatoms. The molecule has 3 heterocycles. The lowest BCUT2D eigenvalue weighted by atomic mass is 9.99. The first-order chi connectivity index (χ1) is 8.31. The molecule has 1 unspecified atom stereocenters. The van der Waals surface area contributed by atoms with Gasteiger partial charge in [0.1, 0.15) is 5.01 Å². The monoisotopic (exact) mass is 251 g/mol. The third-order valence-electron chi connectivity index (χ3n) is 3.95. The molecule has 0 saturated carbocycles. The molecule has 2 aliphatic rings. The Morgan fingerprint density at radius 3 is 3.12 bits per heavy atom. The van der Waals surface area contributed by atoms with Crippen molar-refractivity contribution in [3.05, 3.63) is 16.1 Å². The molecule has 2 aliphatic heterocycles. The van der Waals surface area contributed by atoms with E-state index in [9.17, 15) is 0 Å². The Balaban J connectivity index is 1.58. The predicted molar refractivity (Wildman–Crippen MR) is 71.3 cm³/mol. The van der Waals surface area contributed by atoms with Crippen LogP contribution in [0, 0.1) is 6.92 Å². The fourth-order valence-corrected chi connectivity index (χ4v) is 3.86. The molecule has 17 heavy (non-hydrogen) atoms. The Labute approximate surface area is 107 Å². The van der Waals surface area contributed by atoms with Gasteiger partial charge in [0.25, 0.3) is 0 Å². The zero-order chi connectivity index (χ0) is 11.7. The fraction of sp³-hybridized carbons (Fsp3) is 0.769. The Morgan fingerprint density at radius 2 is 2.29 bits per heavy atom. The highest BCUT2D eigenvalue weighted by Crippen LogP contribution is 2.22. The highest BCUT2D eigenvalue weighted by Gasteiger charge is 2.28. The minimum Gasteiger partial charge on any atom is -0.298 e. The number of aromatic nitrogens is 1. The molecule has 1 aromatic heterocycles. The summed E-state index contributed by atoms with van der Waals surface area (Å²) < 4.78 is 0. The van der Waals surface area contributed by atoms with Crippen LogP contribution in [0.3, 0.4) is 0 Å². The van der Waals surface area contributed by atoms with Crippen LogP contribution in [0.4, 0.5) is 0 Å². The summed E-state index contributed by atoms with van der Waals surface area (Å²) in [7, 11) is 0. The first kappa shape index (κ1) is 11.6. The predicted octanol–water partition coefficient (Wildman–Crippen LogP) is 2.12. The van der Waals surface area contributed by atoms with Crippen LogP contribution in [0.5, 0.6) is 0 Å². The number of piperazine rings is 1. The Hall–Kier alpha value is -0.450. The molecule has 0 amide bonds. The summed E-state index contributed by atoms with van der Waals surface area (Å²) in [6.45, 7) is 8.25. The van der Waals surface area contributed by atoms with E-state index in [1.165, 1.54) is 55.3 Å². The van der Waals surface area contributed by atoms with Crippen LogP contribution < -0.4 is 0 Å².